The molecule has 1 aliphatic carbocycles. The maximum atomic E-state index is 6.11. The normalized spacial score (nSPS) is 30.3. The van der Waals surface area contributed by atoms with Gasteiger partial charge in [0.05, 0.1) is 6.10 Å². The second-order valence-corrected chi connectivity index (χ2v) is 7.13. The zero-order valence-corrected chi connectivity index (χ0v) is 13.6. The third-order valence-corrected chi connectivity index (χ3v) is 4.67. The van der Waals surface area contributed by atoms with Crippen molar-refractivity contribution in [2.75, 3.05) is 32.9 Å². The topological polar surface area (TPSA) is 30.5 Å². The van der Waals surface area contributed by atoms with Crippen LogP contribution < -0.4 is 5.32 Å². The van der Waals surface area contributed by atoms with Gasteiger partial charge in [-0.05, 0) is 50.5 Å². The number of hydrogen-bond acceptors (Lipinski definition) is 3. The van der Waals surface area contributed by atoms with Crippen LogP contribution in [0.3, 0.4) is 0 Å². The monoisotopic (exact) mass is 283 g/mol. The molecule has 0 radical (unpaired) electrons. The van der Waals surface area contributed by atoms with Gasteiger partial charge in [0.15, 0.2) is 0 Å². The summed E-state index contributed by atoms with van der Waals surface area (Å²) in [5.74, 6) is 1.54. The fraction of sp³-hybridized carbons (Fsp3) is 1.00. The lowest BCUT2D eigenvalue weighted by atomic mass is 9.76. The Morgan fingerprint density at radius 3 is 2.75 bits per heavy atom. The van der Waals surface area contributed by atoms with Crippen molar-refractivity contribution in [2.24, 2.45) is 17.3 Å². The van der Waals surface area contributed by atoms with Crippen molar-refractivity contribution < 1.29 is 9.47 Å². The molecular weight excluding hydrogens is 250 g/mol. The van der Waals surface area contributed by atoms with Gasteiger partial charge in [-0.2, -0.15) is 0 Å². The van der Waals surface area contributed by atoms with Gasteiger partial charge in [0.25, 0.3) is 0 Å². The molecule has 0 aromatic carbocycles. The van der Waals surface area contributed by atoms with Gasteiger partial charge >= 0.3 is 0 Å². The molecule has 20 heavy (non-hydrogen) atoms. The fourth-order valence-electron chi connectivity index (χ4n) is 3.42. The minimum Gasteiger partial charge on any atom is -0.381 e. The smallest absolute Gasteiger partial charge is 0.0673 e. The first-order valence-corrected chi connectivity index (χ1v) is 8.58. The van der Waals surface area contributed by atoms with Crippen molar-refractivity contribution >= 4 is 0 Å². The molecule has 2 unspecified atom stereocenters. The summed E-state index contributed by atoms with van der Waals surface area (Å²) in [6.07, 6.45) is 6.68. The molecule has 0 aromatic rings. The van der Waals surface area contributed by atoms with Crippen molar-refractivity contribution in [1.82, 2.24) is 5.32 Å². The molecule has 0 amide bonds. The Labute approximate surface area is 124 Å². The van der Waals surface area contributed by atoms with Crippen molar-refractivity contribution in [3.8, 4) is 0 Å². The molecule has 1 saturated heterocycles. The summed E-state index contributed by atoms with van der Waals surface area (Å²) in [4.78, 5) is 0. The van der Waals surface area contributed by atoms with E-state index in [1.165, 1.54) is 19.3 Å². The van der Waals surface area contributed by atoms with Crippen LogP contribution >= 0.6 is 0 Å². The highest BCUT2D eigenvalue weighted by molar-refractivity contribution is 5.00. The Hall–Kier alpha value is -0.120. The minimum absolute atomic E-state index is 0.323. The van der Waals surface area contributed by atoms with E-state index < -0.39 is 0 Å². The van der Waals surface area contributed by atoms with Gasteiger partial charge in [0.1, 0.15) is 0 Å². The highest BCUT2D eigenvalue weighted by Gasteiger charge is 2.50. The molecule has 1 N–H and O–H groups in total. The molecule has 0 aromatic heterocycles. The Morgan fingerprint density at radius 2 is 2.10 bits per heavy atom. The van der Waals surface area contributed by atoms with Crippen LogP contribution in [0.15, 0.2) is 0 Å². The van der Waals surface area contributed by atoms with Crippen LogP contribution in [0.1, 0.15) is 52.9 Å². The lowest BCUT2D eigenvalue weighted by Crippen LogP contribution is -2.43. The molecule has 0 spiro atoms. The van der Waals surface area contributed by atoms with E-state index in [-0.39, 0.29) is 0 Å². The lowest BCUT2D eigenvalue weighted by molar-refractivity contribution is 0.00845. The van der Waals surface area contributed by atoms with E-state index >= 15 is 0 Å². The Balaban J connectivity index is 1.87. The van der Waals surface area contributed by atoms with Gasteiger partial charge in [0.2, 0.25) is 0 Å². The van der Waals surface area contributed by atoms with Gasteiger partial charge in [-0.3, -0.25) is 0 Å². The van der Waals surface area contributed by atoms with E-state index in [1.807, 2.05) is 0 Å². The molecule has 2 atom stereocenters. The van der Waals surface area contributed by atoms with Gasteiger partial charge in [-0.15, -0.1) is 0 Å². The predicted molar refractivity (Wildman–Crippen MR) is 82.9 cm³/mol. The molecule has 3 nitrogen and oxygen atoms in total. The summed E-state index contributed by atoms with van der Waals surface area (Å²) in [7, 11) is 0. The summed E-state index contributed by atoms with van der Waals surface area (Å²) in [5.41, 5.74) is 0.323. The van der Waals surface area contributed by atoms with Crippen LogP contribution in [0.2, 0.25) is 0 Å². The summed E-state index contributed by atoms with van der Waals surface area (Å²) in [6.45, 7) is 11.6. The quantitative estimate of drug-likeness (QED) is 0.624. The van der Waals surface area contributed by atoms with E-state index in [2.05, 4.69) is 26.1 Å². The minimum atomic E-state index is 0.323. The first kappa shape index (κ1) is 16.3. The average molecular weight is 283 g/mol. The fourth-order valence-corrected chi connectivity index (χ4v) is 3.42. The molecule has 1 heterocycles. The average Bonchev–Trinajstić information content (AvgIpc) is 3.17. The number of ether oxygens (including phenoxy) is 2. The van der Waals surface area contributed by atoms with Crippen LogP contribution in [-0.2, 0) is 9.47 Å². The first-order valence-electron chi connectivity index (χ1n) is 8.58. The van der Waals surface area contributed by atoms with E-state index in [0.717, 1.165) is 51.7 Å². The van der Waals surface area contributed by atoms with Crippen molar-refractivity contribution in [3.05, 3.63) is 0 Å². The third kappa shape index (κ3) is 4.44. The van der Waals surface area contributed by atoms with Gasteiger partial charge in [0, 0.05) is 31.8 Å². The zero-order chi connectivity index (χ0) is 14.4. The molecule has 2 aliphatic rings. The van der Waals surface area contributed by atoms with Crippen molar-refractivity contribution in [2.45, 2.75) is 59.0 Å². The molecule has 2 fully saturated rings. The molecule has 3 heteroatoms. The number of hydrogen-bond donors (Lipinski definition) is 1. The number of rotatable bonds is 10. The SMILES string of the molecule is CCCOCCC1(CNCC(C)C)CCOC1C1CC1. The number of nitrogens with one attached hydrogen (secondary N) is 1. The van der Waals surface area contributed by atoms with Crippen LogP contribution in [0, 0.1) is 17.3 Å². The van der Waals surface area contributed by atoms with Crippen molar-refractivity contribution in [3.63, 3.8) is 0 Å². The summed E-state index contributed by atoms with van der Waals surface area (Å²) in [5, 5.41) is 3.69. The van der Waals surface area contributed by atoms with E-state index in [4.69, 9.17) is 9.47 Å². The first-order chi connectivity index (χ1) is 9.68. The molecule has 118 valence electrons. The van der Waals surface area contributed by atoms with Crippen LogP contribution in [0.4, 0.5) is 0 Å². The molecular formula is C17H33NO2. The summed E-state index contributed by atoms with van der Waals surface area (Å²) < 4.78 is 11.9. The molecule has 2 rings (SSSR count). The standard InChI is InChI=1S/C17H33NO2/c1-4-9-19-10-7-17(13-18-12-14(2)3)8-11-20-16(17)15-5-6-15/h14-16,18H,4-13H2,1-3H3. The third-order valence-electron chi connectivity index (χ3n) is 4.67. The zero-order valence-electron chi connectivity index (χ0n) is 13.6. The Kier molecular flexibility index (Phi) is 6.31. The second kappa shape index (κ2) is 7.77. The molecule has 0 bridgehead atoms. The van der Waals surface area contributed by atoms with Gasteiger partial charge in [-0.25, -0.2) is 0 Å². The van der Waals surface area contributed by atoms with Gasteiger partial charge in [-0.1, -0.05) is 20.8 Å². The highest BCUT2D eigenvalue weighted by atomic mass is 16.5. The molecule has 1 saturated carbocycles. The predicted octanol–water partition coefficient (Wildman–Crippen LogP) is 3.23. The summed E-state index contributed by atoms with van der Waals surface area (Å²) in [6, 6.07) is 0. The highest BCUT2D eigenvalue weighted by Crippen LogP contribution is 2.49. The maximum Gasteiger partial charge on any atom is 0.0673 e. The van der Waals surface area contributed by atoms with Crippen LogP contribution in [0.25, 0.3) is 0 Å². The van der Waals surface area contributed by atoms with Crippen LogP contribution in [-0.4, -0.2) is 39.0 Å². The summed E-state index contributed by atoms with van der Waals surface area (Å²) >= 11 is 0. The van der Waals surface area contributed by atoms with Crippen molar-refractivity contribution in [1.29, 1.82) is 0 Å². The van der Waals surface area contributed by atoms with E-state index in [1.54, 1.807) is 0 Å². The Bertz CT molecular complexity index is 278. The van der Waals surface area contributed by atoms with E-state index in [9.17, 15) is 0 Å². The van der Waals surface area contributed by atoms with E-state index in [0.29, 0.717) is 17.4 Å². The lowest BCUT2D eigenvalue weighted by Gasteiger charge is -2.35. The largest absolute Gasteiger partial charge is 0.381 e. The van der Waals surface area contributed by atoms with Gasteiger partial charge < -0.3 is 14.8 Å². The van der Waals surface area contributed by atoms with Crippen LogP contribution in [0.5, 0.6) is 0 Å². The Morgan fingerprint density at radius 1 is 1.30 bits per heavy atom. The second-order valence-electron chi connectivity index (χ2n) is 7.13. The maximum absolute atomic E-state index is 6.11. The molecule has 1 aliphatic heterocycles.